The first-order valence-corrected chi connectivity index (χ1v) is 11.7. The van der Waals surface area contributed by atoms with E-state index in [0.717, 1.165) is 12.8 Å². The Morgan fingerprint density at radius 2 is 1.88 bits per heavy atom. The van der Waals surface area contributed by atoms with Crippen LogP contribution in [0.1, 0.15) is 76.1 Å². The standard InChI is InChI=1S/C26H34N2O5/c1-6-27-18(4)22(17(3)23(27)26(31)32-7-2)24(29)19(5)28(16-21-14-11-15-33-21)25(30)20-12-9-8-10-13-20/h8-10,12-13,19,21H,6-7,11,14-16H2,1-5H3. The van der Waals surface area contributed by atoms with Crippen LogP contribution in [-0.2, 0) is 16.0 Å². The van der Waals surface area contributed by atoms with Gasteiger partial charge in [-0.05, 0) is 65.2 Å². The molecule has 2 unspecified atom stereocenters. The van der Waals surface area contributed by atoms with Crippen LogP contribution in [0.2, 0.25) is 0 Å². The fourth-order valence-corrected chi connectivity index (χ4v) is 4.64. The number of hydrogen-bond acceptors (Lipinski definition) is 5. The minimum absolute atomic E-state index is 0.0922. The molecule has 1 aromatic heterocycles. The highest BCUT2D eigenvalue weighted by Crippen LogP contribution is 2.27. The van der Waals surface area contributed by atoms with Gasteiger partial charge in [-0.3, -0.25) is 9.59 Å². The molecule has 2 atom stereocenters. The van der Waals surface area contributed by atoms with Gasteiger partial charge in [0, 0.05) is 36.5 Å². The zero-order valence-corrected chi connectivity index (χ0v) is 20.2. The smallest absolute Gasteiger partial charge is 0.355 e. The Balaban J connectivity index is 1.99. The number of amides is 1. The first-order valence-electron chi connectivity index (χ1n) is 11.7. The molecule has 178 valence electrons. The molecule has 33 heavy (non-hydrogen) atoms. The highest BCUT2D eigenvalue weighted by molar-refractivity contribution is 6.07. The van der Waals surface area contributed by atoms with E-state index in [-0.39, 0.29) is 24.4 Å². The minimum Gasteiger partial charge on any atom is -0.461 e. The number of hydrogen-bond donors (Lipinski definition) is 0. The molecule has 1 fully saturated rings. The maximum Gasteiger partial charge on any atom is 0.355 e. The zero-order valence-electron chi connectivity index (χ0n) is 20.2. The van der Waals surface area contributed by atoms with Gasteiger partial charge >= 0.3 is 5.97 Å². The van der Waals surface area contributed by atoms with Crippen LogP contribution in [0.15, 0.2) is 30.3 Å². The Labute approximate surface area is 195 Å². The second kappa shape index (κ2) is 10.8. The van der Waals surface area contributed by atoms with Crippen molar-refractivity contribution in [1.82, 2.24) is 9.47 Å². The van der Waals surface area contributed by atoms with E-state index in [4.69, 9.17) is 9.47 Å². The van der Waals surface area contributed by atoms with Crippen molar-refractivity contribution in [2.24, 2.45) is 0 Å². The Kier molecular flexibility index (Phi) is 8.08. The lowest BCUT2D eigenvalue weighted by atomic mass is 9.98. The third-order valence-corrected chi connectivity index (χ3v) is 6.35. The number of carbonyl (C=O) groups is 3. The van der Waals surface area contributed by atoms with E-state index in [0.29, 0.717) is 47.8 Å². The van der Waals surface area contributed by atoms with Gasteiger partial charge in [-0.1, -0.05) is 18.2 Å². The number of ether oxygens (including phenoxy) is 2. The molecule has 3 rings (SSSR count). The van der Waals surface area contributed by atoms with Crippen molar-refractivity contribution in [1.29, 1.82) is 0 Å². The Bertz CT molecular complexity index is 1010. The van der Waals surface area contributed by atoms with Crippen LogP contribution in [0.25, 0.3) is 0 Å². The average molecular weight is 455 g/mol. The van der Waals surface area contributed by atoms with Gasteiger partial charge in [-0.25, -0.2) is 4.79 Å². The summed E-state index contributed by atoms with van der Waals surface area (Å²) in [5, 5.41) is 0. The molecular formula is C26H34N2O5. The topological polar surface area (TPSA) is 77.8 Å². The molecule has 7 nitrogen and oxygen atoms in total. The fourth-order valence-electron chi connectivity index (χ4n) is 4.64. The van der Waals surface area contributed by atoms with Gasteiger partial charge in [0.1, 0.15) is 5.69 Å². The number of rotatable bonds is 9. The van der Waals surface area contributed by atoms with Crippen LogP contribution >= 0.6 is 0 Å². The van der Waals surface area contributed by atoms with Gasteiger partial charge in [0.05, 0.1) is 18.8 Å². The Morgan fingerprint density at radius 3 is 2.45 bits per heavy atom. The summed E-state index contributed by atoms with van der Waals surface area (Å²) in [6.45, 7) is 10.8. The quantitative estimate of drug-likeness (QED) is 0.419. The van der Waals surface area contributed by atoms with Crippen molar-refractivity contribution >= 4 is 17.7 Å². The van der Waals surface area contributed by atoms with Gasteiger partial charge in [0.2, 0.25) is 0 Å². The van der Waals surface area contributed by atoms with Crippen molar-refractivity contribution in [3.05, 3.63) is 58.4 Å². The minimum atomic E-state index is -0.720. The summed E-state index contributed by atoms with van der Waals surface area (Å²) in [6.07, 6.45) is 1.71. The maximum atomic E-state index is 13.8. The lowest BCUT2D eigenvalue weighted by Gasteiger charge is -2.31. The SMILES string of the molecule is CCOC(=O)c1c(C)c(C(=O)C(C)N(CC2CCCO2)C(=O)c2ccccc2)c(C)n1CC. The summed E-state index contributed by atoms with van der Waals surface area (Å²) in [7, 11) is 0. The van der Waals surface area contributed by atoms with E-state index >= 15 is 0 Å². The van der Waals surface area contributed by atoms with Crippen LogP contribution in [0, 0.1) is 13.8 Å². The lowest BCUT2D eigenvalue weighted by molar-refractivity contribution is 0.0410. The largest absolute Gasteiger partial charge is 0.461 e. The van der Waals surface area contributed by atoms with E-state index in [2.05, 4.69) is 0 Å². The van der Waals surface area contributed by atoms with Crippen molar-refractivity contribution in [2.45, 2.75) is 66.2 Å². The van der Waals surface area contributed by atoms with Crippen molar-refractivity contribution in [3.8, 4) is 0 Å². The predicted molar refractivity (Wildman–Crippen MR) is 126 cm³/mol. The molecule has 0 aliphatic carbocycles. The summed E-state index contributed by atoms with van der Waals surface area (Å²) >= 11 is 0. The number of carbonyl (C=O) groups excluding carboxylic acids is 3. The first kappa shape index (κ1) is 24.7. The van der Waals surface area contributed by atoms with Crippen LogP contribution < -0.4 is 0 Å². The van der Waals surface area contributed by atoms with E-state index in [1.807, 2.05) is 36.6 Å². The third-order valence-electron chi connectivity index (χ3n) is 6.35. The summed E-state index contributed by atoms with van der Waals surface area (Å²) in [5.41, 5.74) is 2.70. The summed E-state index contributed by atoms with van der Waals surface area (Å²) < 4.78 is 12.8. The Hall–Kier alpha value is -2.93. The predicted octanol–water partition coefficient (Wildman–Crippen LogP) is 4.19. The van der Waals surface area contributed by atoms with Crippen LogP contribution in [0.3, 0.4) is 0 Å². The summed E-state index contributed by atoms with van der Waals surface area (Å²) in [4.78, 5) is 41.5. The first-order chi connectivity index (χ1) is 15.8. The molecule has 1 aromatic carbocycles. The summed E-state index contributed by atoms with van der Waals surface area (Å²) in [6, 6.07) is 8.27. The molecule has 0 radical (unpaired) electrons. The molecule has 0 N–H and O–H groups in total. The van der Waals surface area contributed by atoms with E-state index in [1.54, 1.807) is 37.8 Å². The van der Waals surface area contributed by atoms with Crippen LogP contribution in [0.4, 0.5) is 0 Å². The second-order valence-corrected chi connectivity index (χ2v) is 8.40. The highest BCUT2D eigenvalue weighted by Gasteiger charge is 2.35. The molecule has 0 saturated carbocycles. The van der Waals surface area contributed by atoms with Crippen molar-refractivity contribution < 1.29 is 23.9 Å². The fraction of sp³-hybridized carbons (Fsp3) is 0.500. The molecule has 7 heteroatoms. The van der Waals surface area contributed by atoms with Gasteiger partial charge in [-0.2, -0.15) is 0 Å². The molecule has 0 spiro atoms. The molecule has 2 heterocycles. The van der Waals surface area contributed by atoms with E-state index in [9.17, 15) is 14.4 Å². The molecule has 1 saturated heterocycles. The maximum absolute atomic E-state index is 13.8. The number of ketones is 1. The molecule has 1 aliphatic rings. The van der Waals surface area contributed by atoms with Crippen LogP contribution in [-0.4, -0.2) is 59.0 Å². The molecular weight excluding hydrogens is 420 g/mol. The Morgan fingerprint density at radius 1 is 1.18 bits per heavy atom. The molecule has 1 amide bonds. The van der Waals surface area contributed by atoms with Gasteiger partial charge in [0.15, 0.2) is 5.78 Å². The second-order valence-electron chi connectivity index (χ2n) is 8.40. The third kappa shape index (κ3) is 5.03. The number of aromatic nitrogens is 1. The molecule has 1 aliphatic heterocycles. The monoisotopic (exact) mass is 454 g/mol. The van der Waals surface area contributed by atoms with Gasteiger partial charge in [-0.15, -0.1) is 0 Å². The summed E-state index contributed by atoms with van der Waals surface area (Å²) in [5.74, 6) is -0.837. The zero-order chi connectivity index (χ0) is 24.1. The number of benzene rings is 1. The normalized spacial score (nSPS) is 16.5. The number of Topliss-reactive ketones (excluding diaryl/α,β-unsaturated/α-hetero) is 1. The average Bonchev–Trinajstić information content (AvgIpc) is 3.42. The van der Waals surface area contributed by atoms with E-state index < -0.39 is 12.0 Å². The van der Waals surface area contributed by atoms with Crippen molar-refractivity contribution in [3.63, 3.8) is 0 Å². The molecule has 2 aromatic rings. The number of nitrogens with zero attached hydrogens (tertiary/aromatic N) is 2. The highest BCUT2D eigenvalue weighted by atomic mass is 16.5. The lowest BCUT2D eigenvalue weighted by Crippen LogP contribution is -2.47. The van der Waals surface area contributed by atoms with E-state index in [1.165, 1.54) is 0 Å². The van der Waals surface area contributed by atoms with Crippen molar-refractivity contribution in [2.75, 3.05) is 19.8 Å². The van der Waals surface area contributed by atoms with Gasteiger partial charge < -0.3 is 18.9 Å². The number of esters is 1. The molecule has 0 bridgehead atoms. The van der Waals surface area contributed by atoms with Gasteiger partial charge in [0.25, 0.3) is 5.91 Å². The van der Waals surface area contributed by atoms with Crippen LogP contribution in [0.5, 0.6) is 0 Å².